The van der Waals surface area contributed by atoms with Gasteiger partial charge in [-0.1, -0.05) is 6.07 Å². The second-order valence-corrected chi connectivity index (χ2v) is 7.41. The van der Waals surface area contributed by atoms with Crippen LogP contribution in [0.1, 0.15) is 47.4 Å². The summed E-state index contributed by atoms with van der Waals surface area (Å²) < 4.78 is 0. The van der Waals surface area contributed by atoms with Gasteiger partial charge in [-0.05, 0) is 56.6 Å². The summed E-state index contributed by atoms with van der Waals surface area (Å²) in [5.41, 5.74) is 8.21. The van der Waals surface area contributed by atoms with Gasteiger partial charge in [0.15, 0.2) is 0 Å². The third-order valence-electron chi connectivity index (χ3n) is 5.46. The summed E-state index contributed by atoms with van der Waals surface area (Å²) in [6.07, 6.45) is 7.93. The summed E-state index contributed by atoms with van der Waals surface area (Å²) in [5.74, 6) is 1.47. The Morgan fingerprint density at radius 2 is 2.11 bits per heavy atom. The maximum Gasteiger partial charge on any atom is 0.270 e. The number of carbonyl (C=O) groups excluding carboxylic acids is 1. The first-order valence-electron chi connectivity index (χ1n) is 9.80. The highest BCUT2D eigenvalue weighted by Gasteiger charge is 2.24. The third-order valence-corrected chi connectivity index (χ3v) is 5.46. The number of rotatable bonds is 4. The second kappa shape index (κ2) is 7.90. The van der Waals surface area contributed by atoms with E-state index in [-0.39, 0.29) is 11.9 Å². The van der Waals surface area contributed by atoms with Crippen molar-refractivity contribution in [3.63, 3.8) is 0 Å². The van der Waals surface area contributed by atoms with Crippen LogP contribution in [0.5, 0.6) is 0 Å². The molecule has 27 heavy (non-hydrogen) atoms. The lowest BCUT2D eigenvalue weighted by Gasteiger charge is -2.33. The Labute approximate surface area is 159 Å². The van der Waals surface area contributed by atoms with Crippen molar-refractivity contribution in [3.8, 4) is 0 Å². The van der Waals surface area contributed by atoms with Crippen molar-refractivity contribution in [1.82, 2.24) is 20.3 Å². The molecule has 1 atom stereocenters. The number of fused-ring (bicyclic) bond motifs is 1. The summed E-state index contributed by atoms with van der Waals surface area (Å²) in [6, 6.07) is 5.98. The number of aryl methyl sites for hydroxylation is 1. The normalized spacial score (nSPS) is 19.4. The van der Waals surface area contributed by atoms with Gasteiger partial charge >= 0.3 is 0 Å². The van der Waals surface area contributed by atoms with Crippen LogP contribution in [-0.4, -0.2) is 40.5 Å². The Hall–Kier alpha value is -2.70. The quantitative estimate of drug-likeness (QED) is 0.859. The maximum absolute atomic E-state index is 12.8. The zero-order chi connectivity index (χ0) is 18.6. The molecule has 2 aromatic rings. The fourth-order valence-corrected chi connectivity index (χ4v) is 4.10. The van der Waals surface area contributed by atoms with Crippen molar-refractivity contribution >= 4 is 17.7 Å². The van der Waals surface area contributed by atoms with Crippen LogP contribution in [0.15, 0.2) is 24.4 Å². The van der Waals surface area contributed by atoms with Gasteiger partial charge in [0.25, 0.3) is 5.91 Å². The van der Waals surface area contributed by atoms with Crippen LogP contribution in [-0.2, 0) is 12.8 Å². The van der Waals surface area contributed by atoms with E-state index >= 15 is 0 Å². The molecule has 0 radical (unpaired) electrons. The number of nitrogens with zero attached hydrogens (tertiary/aromatic N) is 4. The van der Waals surface area contributed by atoms with Gasteiger partial charge in [-0.2, -0.15) is 0 Å². The Balaban J connectivity index is 1.40. The predicted octanol–water partition coefficient (Wildman–Crippen LogP) is 1.98. The largest absolute Gasteiger partial charge is 0.368 e. The summed E-state index contributed by atoms with van der Waals surface area (Å²) in [5, 5.41) is 3.09. The van der Waals surface area contributed by atoms with Crippen LogP contribution in [0.2, 0.25) is 0 Å². The van der Waals surface area contributed by atoms with Crippen LogP contribution in [0.25, 0.3) is 0 Å². The lowest BCUT2D eigenvalue weighted by atomic mass is 9.94. The first kappa shape index (κ1) is 17.7. The molecular formula is C20H26N6O. The van der Waals surface area contributed by atoms with Gasteiger partial charge in [-0.3, -0.25) is 4.79 Å². The number of piperidine rings is 1. The molecule has 2 aromatic heterocycles. The molecule has 2 aliphatic rings. The highest BCUT2D eigenvalue weighted by molar-refractivity contribution is 5.94. The average Bonchev–Trinajstić information content (AvgIpc) is 2.72. The zero-order valence-electron chi connectivity index (χ0n) is 15.5. The minimum atomic E-state index is -0.128. The van der Waals surface area contributed by atoms with E-state index in [0.29, 0.717) is 18.2 Å². The van der Waals surface area contributed by atoms with Gasteiger partial charge in [-0.25, -0.2) is 15.0 Å². The molecule has 142 valence electrons. The third kappa shape index (κ3) is 4.02. The van der Waals surface area contributed by atoms with Gasteiger partial charge < -0.3 is 16.0 Å². The van der Waals surface area contributed by atoms with E-state index in [1.54, 1.807) is 0 Å². The van der Waals surface area contributed by atoms with E-state index in [2.05, 4.69) is 25.2 Å². The van der Waals surface area contributed by atoms with Gasteiger partial charge in [0, 0.05) is 37.1 Å². The van der Waals surface area contributed by atoms with E-state index in [1.807, 2.05) is 24.4 Å². The fraction of sp³-hybridized carbons (Fsp3) is 0.500. The van der Waals surface area contributed by atoms with Gasteiger partial charge in [0.1, 0.15) is 11.5 Å². The van der Waals surface area contributed by atoms with Gasteiger partial charge in [0.05, 0.1) is 0 Å². The Morgan fingerprint density at radius 3 is 2.96 bits per heavy atom. The summed E-state index contributed by atoms with van der Waals surface area (Å²) in [6.45, 7) is 2.56. The second-order valence-electron chi connectivity index (χ2n) is 7.41. The molecule has 0 spiro atoms. The van der Waals surface area contributed by atoms with Crippen molar-refractivity contribution in [2.75, 3.05) is 30.3 Å². The number of anilines is 2. The van der Waals surface area contributed by atoms with Crippen LogP contribution in [0, 0.1) is 5.92 Å². The minimum Gasteiger partial charge on any atom is -0.368 e. The van der Waals surface area contributed by atoms with Crippen molar-refractivity contribution in [3.05, 3.63) is 41.3 Å². The van der Waals surface area contributed by atoms with E-state index in [0.717, 1.165) is 68.7 Å². The molecule has 0 unspecified atom stereocenters. The highest BCUT2D eigenvalue weighted by Crippen LogP contribution is 2.24. The summed E-state index contributed by atoms with van der Waals surface area (Å²) >= 11 is 0. The smallest absolute Gasteiger partial charge is 0.270 e. The topological polar surface area (TPSA) is 97.0 Å². The van der Waals surface area contributed by atoms with Crippen molar-refractivity contribution in [2.45, 2.75) is 38.5 Å². The Morgan fingerprint density at radius 1 is 1.22 bits per heavy atom. The molecule has 0 bridgehead atoms. The number of carbonyl (C=O) groups is 1. The standard InChI is InChI=1S/C20H26N6O/c21-20-24-16-8-2-1-7-15(16)18(25-20)19(27)23-12-14-6-5-11-26(13-14)17-9-3-4-10-22-17/h3-4,9-10,14H,1-2,5-8,11-13H2,(H,23,27)(H2,21,24,25)/t14-/m1/s1. The molecule has 7 nitrogen and oxygen atoms in total. The summed E-state index contributed by atoms with van der Waals surface area (Å²) in [7, 11) is 0. The number of pyridine rings is 1. The van der Waals surface area contributed by atoms with E-state index in [1.165, 1.54) is 0 Å². The van der Waals surface area contributed by atoms with Crippen LogP contribution >= 0.6 is 0 Å². The first-order valence-corrected chi connectivity index (χ1v) is 9.80. The first-order chi connectivity index (χ1) is 13.2. The summed E-state index contributed by atoms with van der Waals surface area (Å²) in [4.78, 5) is 28.1. The highest BCUT2D eigenvalue weighted by atomic mass is 16.1. The SMILES string of the molecule is Nc1nc2c(c(C(=O)NC[C@H]3CCCN(c4ccccn4)C3)n1)CCCC2. The van der Waals surface area contributed by atoms with E-state index < -0.39 is 0 Å². The number of hydrogen-bond donors (Lipinski definition) is 2. The predicted molar refractivity (Wildman–Crippen MR) is 105 cm³/mol. The molecule has 7 heteroatoms. The molecule has 3 N–H and O–H groups in total. The van der Waals surface area contributed by atoms with Crippen molar-refractivity contribution in [2.24, 2.45) is 5.92 Å². The Kier molecular flexibility index (Phi) is 5.18. The molecule has 1 amide bonds. The number of nitrogens with one attached hydrogen (secondary N) is 1. The molecule has 0 aromatic carbocycles. The van der Waals surface area contributed by atoms with E-state index in [9.17, 15) is 4.79 Å². The number of aromatic nitrogens is 3. The van der Waals surface area contributed by atoms with Crippen molar-refractivity contribution in [1.29, 1.82) is 0 Å². The number of hydrogen-bond acceptors (Lipinski definition) is 6. The molecule has 1 saturated heterocycles. The minimum absolute atomic E-state index is 0.128. The molecule has 3 heterocycles. The molecular weight excluding hydrogens is 340 g/mol. The Bertz CT molecular complexity index is 810. The molecule has 0 saturated carbocycles. The molecule has 4 rings (SSSR count). The van der Waals surface area contributed by atoms with Crippen LogP contribution in [0.4, 0.5) is 11.8 Å². The molecule has 1 aliphatic heterocycles. The number of nitrogens with two attached hydrogens (primary N) is 1. The number of amides is 1. The van der Waals surface area contributed by atoms with Crippen LogP contribution < -0.4 is 16.0 Å². The average molecular weight is 366 g/mol. The van der Waals surface area contributed by atoms with Crippen LogP contribution in [0.3, 0.4) is 0 Å². The maximum atomic E-state index is 12.8. The van der Waals surface area contributed by atoms with Gasteiger partial charge in [-0.15, -0.1) is 0 Å². The van der Waals surface area contributed by atoms with Crippen molar-refractivity contribution < 1.29 is 4.79 Å². The fourth-order valence-electron chi connectivity index (χ4n) is 4.10. The number of nitrogen functional groups attached to an aromatic ring is 1. The van der Waals surface area contributed by atoms with Gasteiger partial charge in [0.2, 0.25) is 5.95 Å². The monoisotopic (exact) mass is 366 g/mol. The lowest BCUT2D eigenvalue weighted by Crippen LogP contribution is -2.41. The van der Waals surface area contributed by atoms with E-state index in [4.69, 9.17) is 5.73 Å². The zero-order valence-corrected chi connectivity index (χ0v) is 15.5. The molecule has 1 aliphatic carbocycles. The molecule has 1 fully saturated rings. The lowest BCUT2D eigenvalue weighted by molar-refractivity contribution is 0.0939.